The van der Waals surface area contributed by atoms with E-state index in [0.717, 1.165) is 10.1 Å². The summed E-state index contributed by atoms with van der Waals surface area (Å²) in [6.45, 7) is 1.27. The molecule has 9 heteroatoms. The third kappa shape index (κ3) is 5.17. The lowest BCUT2D eigenvalue weighted by atomic mass is 10.0. The average Bonchev–Trinajstić information content (AvgIpc) is 2.88. The first-order chi connectivity index (χ1) is 17.7. The molecule has 192 valence electrons. The van der Waals surface area contributed by atoms with Crippen molar-refractivity contribution in [1.29, 1.82) is 0 Å². The molecular formula is C28H26F2N2O4S. The summed E-state index contributed by atoms with van der Waals surface area (Å²) in [7, 11) is -0.207. The molecule has 0 fully saturated rings. The standard InChI is InChI=1S/C28H26F2N2O4S/c1-18-25(20-11-7-13-23(36-2)26(20)30)27(33)31(16-15-19-9-5-4-6-10-19)28(34)32(18)17-21-22(29)12-8-14-24(21)37(3)35/h4-14H,15-17H2,1-3H3. The molecule has 4 aromatic rings. The van der Waals surface area contributed by atoms with E-state index in [1.165, 1.54) is 55.2 Å². The topological polar surface area (TPSA) is 70.3 Å². The van der Waals surface area contributed by atoms with Gasteiger partial charge in [-0.05, 0) is 37.1 Å². The van der Waals surface area contributed by atoms with E-state index in [1.54, 1.807) is 6.07 Å². The quantitative estimate of drug-likeness (QED) is 0.345. The Kier molecular flexibility index (Phi) is 7.83. The van der Waals surface area contributed by atoms with Crippen LogP contribution in [-0.2, 0) is 30.3 Å². The van der Waals surface area contributed by atoms with Crippen molar-refractivity contribution in [2.75, 3.05) is 13.4 Å². The normalized spacial score (nSPS) is 11.9. The maximum atomic E-state index is 15.3. The highest BCUT2D eigenvalue weighted by molar-refractivity contribution is 7.84. The van der Waals surface area contributed by atoms with Gasteiger partial charge >= 0.3 is 5.69 Å². The summed E-state index contributed by atoms with van der Waals surface area (Å²) < 4.78 is 49.9. The van der Waals surface area contributed by atoms with Crippen molar-refractivity contribution < 1.29 is 17.7 Å². The van der Waals surface area contributed by atoms with E-state index in [2.05, 4.69) is 0 Å². The molecule has 0 aliphatic rings. The molecule has 1 heterocycles. The first-order valence-electron chi connectivity index (χ1n) is 11.6. The number of benzene rings is 3. The largest absolute Gasteiger partial charge is 0.494 e. The van der Waals surface area contributed by atoms with Crippen molar-refractivity contribution in [2.45, 2.75) is 31.3 Å². The molecule has 0 radical (unpaired) electrons. The van der Waals surface area contributed by atoms with Gasteiger partial charge in [-0.1, -0.05) is 48.5 Å². The first-order valence-corrected chi connectivity index (χ1v) is 13.1. The summed E-state index contributed by atoms with van der Waals surface area (Å²) in [5.74, 6) is -1.43. The highest BCUT2D eigenvalue weighted by Gasteiger charge is 2.23. The fraction of sp³-hybridized carbons (Fsp3) is 0.214. The monoisotopic (exact) mass is 524 g/mol. The van der Waals surface area contributed by atoms with Gasteiger partial charge in [0.2, 0.25) is 0 Å². The summed E-state index contributed by atoms with van der Waals surface area (Å²) in [5.41, 5.74) is -0.242. The van der Waals surface area contributed by atoms with Crippen LogP contribution in [0.2, 0.25) is 0 Å². The predicted octanol–water partition coefficient (Wildman–Crippen LogP) is 4.30. The molecule has 1 aromatic heterocycles. The number of halogens is 2. The Balaban J connectivity index is 1.97. The zero-order chi connectivity index (χ0) is 26.7. The molecule has 6 nitrogen and oxygen atoms in total. The van der Waals surface area contributed by atoms with E-state index in [9.17, 15) is 18.2 Å². The lowest BCUT2D eigenvalue weighted by Crippen LogP contribution is -2.43. The maximum Gasteiger partial charge on any atom is 0.331 e. The second-order valence-corrected chi connectivity index (χ2v) is 9.86. The first kappa shape index (κ1) is 26.2. The Morgan fingerprint density at radius 1 is 0.919 bits per heavy atom. The van der Waals surface area contributed by atoms with Crippen molar-refractivity contribution in [1.82, 2.24) is 9.13 Å². The van der Waals surface area contributed by atoms with Crippen LogP contribution in [-0.4, -0.2) is 26.7 Å². The van der Waals surface area contributed by atoms with Crippen LogP contribution in [0.25, 0.3) is 11.1 Å². The van der Waals surface area contributed by atoms with Crippen LogP contribution in [0.15, 0.2) is 81.2 Å². The van der Waals surface area contributed by atoms with Gasteiger partial charge in [0, 0.05) is 34.5 Å². The molecule has 0 aliphatic heterocycles. The fourth-order valence-electron chi connectivity index (χ4n) is 4.36. The fourth-order valence-corrected chi connectivity index (χ4v) is 5.14. The third-order valence-corrected chi connectivity index (χ3v) is 7.31. The molecule has 0 aliphatic carbocycles. The zero-order valence-corrected chi connectivity index (χ0v) is 21.5. The van der Waals surface area contributed by atoms with Crippen LogP contribution in [0, 0.1) is 18.6 Å². The predicted molar refractivity (Wildman–Crippen MR) is 140 cm³/mol. The summed E-state index contributed by atoms with van der Waals surface area (Å²) >= 11 is 0. The van der Waals surface area contributed by atoms with Gasteiger partial charge in [0.25, 0.3) is 5.56 Å². The van der Waals surface area contributed by atoms with Crippen molar-refractivity contribution in [3.8, 4) is 16.9 Å². The van der Waals surface area contributed by atoms with Crippen LogP contribution >= 0.6 is 0 Å². The van der Waals surface area contributed by atoms with Crippen molar-refractivity contribution in [3.05, 3.63) is 116 Å². The van der Waals surface area contributed by atoms with Crippen molar-refractivity contribution in [2.24, 2.45) is 0 Å². The molecule has 0 N–H and O–H groups in total. The Bertz CT molecular complexity index is 1600. The Labute approximate surface area is 215 Å². The molecule has 0 saturated heterocycles. The summed E-state index contributed by atoms with van der Waals surface area (Å²) in [6.07, 6.45) is 1.80. The molecular weight excluding hydrogens is 498 g/mol. The van der Waals surface area contributed by atoms with Gasteiger partial charge in [0.1, 0.15) is 5.82 Å². The second kappa shape index (κ2) is 11.0. The van der Waals surface area contributed by atoms with Crippen LogP contribution in [0.3, 0.4) is 0 Å². The Morgan fingerprint density at radius 3 is 2.30 bits per heavy atom. The Hall–Kier alpha value is -3.85. The molecule has 4 rings (SSSR count). The summed E-state index contributed by atoms with van der Waals surface area (Å²) in [6, 6.07) is 17.9. The zero-order valence-electron chi connectivity index (χ0n) is 20.7. The SMILES string of the molecule is COc1cccc(-c2c(C)n(Cc3c(F)cccc3S(C)=O)c(=O)n(CCc3ccccc3)c2=O)c1F. The van der Waals surface area contributed by atoms with E-state index in [1.807, 2.05) is 30.3 Å². The minimum atomic E-state index is -1.53. The summed E-state index contributed by atoms with van der Waals surface area (Å²) in [4.78, 5) is 27.5. The lowest BCUT2D eigenvalue weighted by Gasteiger charge is -2.19. The van der Waals surface area contributed by atoms with Gasteiger partial charge in [0.15, 0.2) is 11.6 Å². The maximum absolute atomic E-state index is 15.3. The molecule has 1 unspecified atom stereocenters. The van der Waals surface area contributed by atoms with E-state index < -0.39 is 33.7 Å². The minimum Gasteiger partial charge on any atom is -0.494 e. The number of aromatic nitrogens is 2. The van der Waals surface area contributed by atoms with Gasteiger partial charge in [-0.3, -0.25) is 18.1 Å². The lowest BCUT2D eigenvalue weighted by molar-refractivity contribution is 0.387. The average molecular weight is 525 g/mol. The number of ether oxygens (including phenoxy) is 1. The number of rotatable bonds is 8. The summed E-state index contributed by atoms with van der Waals surface area (Å²) in [5, 5.41) is 0. The number of nitrogens with zero attached hydrogens (tertiary/aromatic N) is 2. The van der Waals surface area contributed by atoms with Crippen LogP contribution in [0.4, 0.5) is 8.78 Å². The number of aryl methyl sites for hydroxylation is 1. The van der Waals surface area contributed by atoms with E-state index in [4.69, 9.17) is 4.74 Å². The van der Waals surface area contributed by atoms with E-state index in [-0.39, 0.29) is 46.1 Å². The van der Waals surface area contributed by atoms with Crippen LogP contribution in [0.5, 0.6) is 5.75 Å². The van der Waals surface area contributed by atoms with Crippen molar-refractivity contribution >= 4 is 10.8 Å². The highest BCUT2D eigenvalue weighted by Crippen LogP contribution is 2.29. The van der Waals surface area contributed by atoms with E-state index >= 15 is 4.39 Å². The van der Waals surface area contributed by atoms with Crippen LogP contribution in [0.1, 0.15) is 16.8 Å². The molecule has 3 aromatic carbocycles. The van der Waals surface area contributed by atoms with Gasteiger partial charge in [-0.15, -0.1) is 0 Å². The smallest absolute Gasteiger partial charge is 0.331 e. The number of methoxy groups -OCH3 is 1. The minimum absolute atomic E-state index is 0.0282. The van der Waals surface area contributed by atoms with Gasteiger partial charge in [-0.25, -0.2) is 13.6 Å². The number of hydrogen-bond donors (Lipinski definition) is 0. The second-order valence-electron chi connectivity index (χ2n) is 8.51. The Morgan fingerprint density at radius 2 is 1.62 bits per heavy atom. The number of hydrogen-bond acceptors (Lipinski definition) is 4. The van der Waals surface area contributed by atoms with Crippen LogP contribution < -0.4 is 16.0 Å². The highest BCUT2D eigenvalue weighted by atomic mass is 32.2. The van der Waals surface area contributed by atoms with Gasteiger partial charge in [-0.2, -0.15) is 0 Å². The molecule has 0 bridgehead atoms. The molecule has 37 heavy (non-hydrogen) atoms. The third-order valence-electron chi connectivity index (χ3n) is 6.31. The molecule has 0 spiro atoms. The van der Waals surface area contributed by atoms with Crippen molar-refractivity contribution in [3.63, 3.8) is 0 Å². The van der Waals surface area contributed by atoms with Gasteiger partial charge in [0.05, 0.1) is 30.0 Å². The molecule has 0 amide bonds. The van der Waals surface area contributed by atoms with Gasteiger partial charge < -0.3 is 4.74 Å². The molecule has 0 saturated carbocycles. The molecule has 1 atom stereocenters. The van der Waals surface area contributed by atoms with E-state index in [0.29, 0.717) is 6.42 Å².